The van der Waals surface area contributed by atoms with Crippen LogP contribution >= 0.6 is 0 Å². The van der Waals surface area contributed by atoms with E-state index in [1.807, 2.05) is 26.8 Å². The topological polar surface area (TPSA) is 65.8 Å². The number of nitrogens with one attached hydrogen (secondary N) is 1. The minimum absolute atomic E-state index is 0.0819. The Balaban J connectivity index is 1.70. The summed E-state index contributed by atoms with van der Waals surface area (Å²) in [5.74, 6) is 0.0819. The normalized spacial score (nSPS) is 16.1. The van der Waals surface area contributed by atoms with Crippen molar-refractivity contribution in [3.05, 3.63) is 45.3 Å². The van der Waals surface area contributed by atoms with Gasteiger partial charge in [-0.05, 0) is 37.5 Å². The maximum atomic E-state index is 12.0. The molecule has 3 rings (SSSR count). The molecule has 0 bridgehead atoms. The van der Waals surface area contributed by atoms with Gasteiger partial charge in [0.15, 0.2) is 0 Å². The number of carbonyl (C=O) groups excluding carboxylic acids is 1. The van der Waals surface area contributed by atoms with Crippen molar-refractivity contribution < 1.29 is 9.21 Å². The summed E-state index contributed by atoms with van der Waals surface area (Å²) in [6.07, 6.45) is 0. The molecule has 0 radical (unpaired) electrons. The molecule has 26 heavy (non-hydrogen) atoms. The Morgan fingerprint density at radius 3 is 2.54 bits per heavy atom. The van der Waals surface area contributed by atoms with Gasteiger partial charge < -0.3 is 9.73 Å². The molecule has 1 fully saturated rings. The van der Waals surface area contributed by atoms with Gasteiger partial charge in [-0.2, -0.15) is 0 Å². The molecule has 1 amide bonds. The van der Waals surface area contributed by atoms with Crippen LogP contribution in [0.3, 0.4) is 0 Å². The average molecular weight is 357 g/mol. The zero-order valence-corrected chi connectivity index (χ0v) is 15.8. The Kier molecular flexibility index (Phi) is 5.74. The van der Waals surface area contributed by atoms with Crippen LogP contribution in [0.1, 0.15) is 23.6 Å². The molecule has 140 valence electrons. The third kappa shape index (κ3) is 4.14. The summed E-state index contributed by atoms with van der Waals surface area (Å²) in [5.41, 5.74) is 3.56. The van der Waals surface area contributed by atoms with Crippen LogP contribution in [0.4, 0.5) is 0 Å². The number of benzene rings is 1. The molecule has 0 aliphatic carbocycles. The molecule has 0 atom stereocenters. The number of carbonyl (C=O) groups is 1. The van der Waals surface area contributed by atoms with E-state index in [2.05, 4.69) is 21.2 Å². The van der Waals surface area contributed by atoms with Crippen molar-refractivity contribution >= 4 is 16.9 Å². The average Bonchev–Trinajstić information content (AvgIpc) is 2.60. The molecule has 0 unspecified atom stereocenters. The SMILES string of the molecule is CCNC(=O)CN1CCN(Cc2cc(=O)oc3c(C)c(C)ccc23)CC1. The van der Waals surface area contributed by atoms with Crippen molar-refractivity contribution in [1.29, 1.82) is 0 Å². The maximum absolute atomic E-state index is 12.0. The zero-order chi connectivity index (χ0) is 18.7. The summed E-state index contributed by atoms with van der Waals surface area (Å²) >= 11 is 0. The summed E-state index contributed by atoms with van der Waals surface area (Å²) in [6, 6.07) is 5.73. The fourth-order valence-corrected chi connectivity index (χ4v) is 3.46. The Hall–Kier alpha value is -2.18. The highest BCUT2D eigenvalue weighted by Gasteiger charge is 2.20. The van der Waals surface area contributed by atoms with Gasteiger partial charge in [0.2, 0.25) is 5.91 Å². The van der Waals surface area contributed by atoms with Gasteiger partial charge in [0.05, 0.1) is 6.54 Å². The maximum Gasteiger partial charge on any atom is 0.336 e. The molecule has 6 nitrogen and oxygen atoms in total. The predicted molar refractivity (Wildman–Crippen MR) is 102 cm³/mol. The number of hydrogen-bond donors (Lipinski definition) is 1. The van der Waals surface area contributed by atoms with Crippen LogP contribution in [-0.4, -0.2) is 55.0 Å². The Morgan fingerprint density at radius 2 is 1.85 bits per heavy atom. The zero-order valence-electron chi connectivity index (χ0n) is 15.8. The van der Waals surface area contributed by atoms with E-state index in [0.29, 0.717) is 18.7 Å². The first-order valence-electron chi connectivity index (χ1n) is 9.22. The molecule has 1 aliphatic heterocycles. The predicted octanol–water partition coefficient (Wildman–Crippen LogP) is 1.66. The number of likely N-dealkylation sites (N-methyl/N-ethyl adjacent to an activating group) is 1. The number of piperazine rings is 1. The van der Waals surface area contributed by atoms with Crippen molar-refractivity contribution in [2.45, 2.75) is 27.3 Å². The van der Waals surface area contributed by atoms with Crippen LogP contribution in [0, 0.1) is 13.8 Å². The first-order valence-corrected chi connectivity index (χ1v) is 9.22. The second-order valence-corrected chi connectivity index (χ2v) is 6.98. The highest BCUT2D eigenvalue weighted by Crippen LogP contribution is 2.24. The number of amides is 1. The first kappa shape index (κ1) is 18.6. The standard InChI is InChI=1S/C20H27N3O3/c1-4-21-18(24)13-23-9-7-22(8-10-23)12-16-11-19(25)26-20-15(3)14(2)5-6-17(16)20/h5-6,11H,4,7-10,12-13H2,1-3H3,(H,21,24). The third-order valence-corrected chi connectivity index (χ3v) is 5.12. The van der Waals surface area contributed by atoms with E-state index in [1.165, 1.54) is 0 Å². The van der Waals surface area contributed by atoms with Crippen LogP contribution in [-0.2, 0) is 11.3 Å². The van der Waals surface area contributed by atoms with Crippen molar-refractivity contribution in [2.24, 2.45) is 0 Å². The van der Waals surface area contributed by atoms with Crippen molar-refractivity contribution in [2.75, 3.05) is 39.3 Å². The summed E-state index contributed by atoms with van der Waals surface area (Å²) < 4.78 is 5.46. The molecule has 6 heteroatoms. The molecule has 2 aromatic rings. The Labute approximate surface area is 153 Å². The number of hydrogen-bond acceptors (Lipinski definition) is 5. The molecule has 2 heterocycles. The number of aryl methyl sites for hydroxylation is 2. The van der Waals surface area contributed by atoms with Crippen molar-refractivity contribution in [3.8, 4) is 0 Å². The minimum atomic E-state index is -0.295. The van der Waals surface area contributed by atoms with E-state index in [0.717, 1.165) is 54.8 Å². The third-order valence-electron chi connectivity index (χ3n) is 5.12. The van der Waals surface area contributed by atoms with E-state index in [4.69, 9.17) is 4.42 Å². The van der Waals surface area contributed by atoms with Crippen LogP contribution in [0.5, 0.6) is 0 Å². The smallest absolute Gasteiger partial charge is 0.336 e. The van der Waals surface area contributed by atoms with Gasteiger partial charge in [-0.25, -0.2) is 4.79 Å². The molecular formula is C20H27N3O3. The van der Waals surface area contributed by atoms with E-state index in [9.17, 15) is 9.59 Å². The lowest BCUT2D eigenvalue weighted by Gasteiger charge is -2.34. The summed E-state index contributed by atoms with van der Waals surface area (Å²) in [5, 5.41) is 3.85. The molecule has 0 spiro atoms. The second-order valence-electron chi connectivity index (χ2n) is 6.98. The molecule has 1 aliphatic rings. The van der Waals surface area contributed by atoms with E-state index < -0.39 is 0 Å². The van der Waals surface area contributed by atoms with Crippen LogP contribution in [0.15, 0.2) is 27.4 Å². The molecule has 0 saturated carbocycles. The van der Waals surface area contributed by atoms with Crippen molar-refractivity contribution in [3.63, 3.8) is 0 Å². The lowest BCUT2D eigenvalue weighted by atomic mass is 10.0. The number of nitrogens with zero attached hydrogens (tertiary/aromatic N) is 2. The molecular weight excluding hydrogens is 330 g/mol. The van der Waals surface area contributed by atoms with Crippen LogP contribution in [0.2, 0.25) is 0 Å². The molecule has 1 aromatic heterocycles. The van der Waals surface area contributed by atoms with Crippen LogP contribution < -0.4 is 10.9 Å². The number of fused-ring (bicyclic) bond motifs is 1. The van der Waals surface area contributed by atoms with Gasteiger partial charge in [0.25, 0.3) is 0 Å². The lowest BCUT2D eigenvalue weighted by molar-refractivity contribution is -0.122. The van der Waals surface area contributed by atoms with Crippen molar-refractivity contribution in [1.82, 2.24) is 15.1 Å². The summed E-state index contributed by atoms with van der Waals surface area (Å²) in [6.45, 7) is 11.3. The lowest BCUT2D eigenvalue weighted by Crippen LogP contribution is -2.49. The fraction of sp³-hybridized carbons (Fsp3) is 0.500. The summed E-state index contributed by atoms with van der Waals surface area (Å²) in [4.78, 5) is 28.2. The van der Waals surface area contributed by atoms with E-state index >= 15 is 0 Å². The monoisotopic (exact) mass is 357 g/mol. The number of rotatable bonds is 5. The second kappa shape index (κ2) is 8.01. The van der Waals surface area contributed by atoms with E-state index in [1.54, 1.807) is 6.07 Å². The summed E-state index contributed by atoms with van der Waals surface area (Å²) in [7, 11) is 0. The molecule has 1 aromatic carbocycles. The van der Waals surface area contributed by atoms with E-state index in [-0.39, 0.29) is 11.5 Å². The first-order chi connectivity index (χ1) is 12.5. The minimum Gasteiger partial charge on any atom is -0.422 e. The Morgan fingerprint density at radius 1 is 1.15 bits per heavy atom. The highest BCUT2D eigenvalue weighted by atomic mass is 16.4. The Bertz CT molecular complexity index is 851. The largest absolute Gasteiger partial charge is 0.422 e. The van der Waals surface area contributed by atoms with Gasteiger partial charge in [0.1, 0.15) is 5.58 Å². The molecule has 1 N–H and O–H groups in total. The fourth-order valence-electron chi connectivity index (χ4n) is 3.46. The van der Waals surface area contributed by atoms with Gasteiger partial charge in [-0.3, -0.25) is 14.6 Å². The quantitative estimate of drug-likeness (QED) is 0.825. The van der Waals surface area contributed by atoms with Crippen LogP contribution in [0.25, 0.3) is 11.0 Å². The van der Waals surface area contributed by atoms with Gasteiger partial charge in [-0.1, -0.05) is 12.1 Å². The highest BCUT2D eigenvalue weighted by molar-refractivity contribution is 5.83. The van der Waals surface area contributed by atoms with Gasteiger partial charge >= 0.3 is 5.63 Å². The van der Waals surface area contributed by atoms with Gasteiger partial charge in [0, 0.05) is 50.7 Å². The van der Waals surface area contributed by atoms with Gasteiger partial charge in [-0.15, -0.1) is 0 Å². The molecule has 1 saturated heterocycles.